The molecule has 2 aliphatic rings. The van der Waals surface area contributed by atoms with Crippen LogP contribution in [0.2, 0.25) is 0 Å². The first-order chi connectivity index (χ1) is 9.29. The van der Waals surface area contributed by atoms with Gasteiger partial charge in [-0.25, -0.2) is 0 Å². The number of morpholine rings is 1. The van der Waals surface area contributed by atoms with E-state index >= 15 is 0 Å². The Morgan fingerprint density at radius 1 is 1.26 bits per heavy atom. The quantitative estimate of drug-likeness (QED) is 0.747. The number of hydrogen-bond donors (Lipinski definition) is 1. The van der Waals surface area contributed by atoms with Crippen molar-refractivity contribution in [2.75, 3.05) is 59.7 Å². The Balaban J connectivity index is 1.80. The third kappa shape index (κ3) is 5.00. The van der Waals surface area contributed by atoms with Crippen molar-refractivity contribution in [3.63, 3.8) is 0 Å². The Hall–Kier alpha value is -0.200. The Bertz CT molecular complexity index is 247. The van der Waals surface area contributed by atoms with Crippen molar-refractivity contribution < 1.29 is 14.6 Å². The van der Waals surface area contributed by atoms with Gasteiger partial charge in [-0.15, -0.1) is 0 Å². The number of methoxy groups -OCH3 is 1. The van der Waals surface area contributed by atoms with Gasteiger partial charge in [-0.3, -0.25) is 9.80 Å². The van der Waals surface area contributed by atoms with E-state index in [-0.39, 0.29) is 6.10 Å². The van der Waals surface area contributed by atoms with Gasteiger partial charge in [0.05, 0.1) is 25.9 Å². The monoisotopic (exact) mass is 272 g/mol. The zero-order chi connectivity index (χ0) is 13.5. The van der Waals surface area contributed by atoms with E-state index in [1.807, 2.05) is 0 Å². The Kier molecular flexibility index (Phi) is 6.53. The number of aliphatic hydroxyl groups excluding tert-OH is 1. The van der Waals surface area contributed by atoms with E-state index in [2.05, 4.69) is 9.80 Å². The van der Waals surface area contributed by atoms with Gasteiger partial charge >= 0.3 is 0 Å². The summed E-state index contributed by atoms with van der Waals surface area (Å²) < 4.78 is 10.4. The predicted molar refractivity (Wildman–Crippen MR) is 74.4 cm³/mol. The highest BCUT2D eigenvalue weighted by Crippen LogP contribution is 2.18. The highest BCUT2D eigenvalue weighted by atomic mass is 16.5. The third-order valence-corrected chi connectivity index (χ3v) is 4.13. The molecule has 1 N–H and O–H groups in total. The topological polar surface area (TPSA) is 45.2 Å². The van der Waals surface area contributed by atoms with Crippen molar-refractivity contribution in [1.82, 2.24) is 9.80 Å². The zero-order valence-electron chi connectivity index (χ0n) is 12.1. The summed E-state index contributed by atoms with van der Waals surface area (Å²) in [6, 6.07) is 0.582. The lowest BCUT2D eigenvalue weighted by Crippen LogP contribution is -2.51. The summed E-state index contributed by atoms with van der Waals surface area (Å²) in [6.07, 6.45) is 3.44. The second kappa shape index (κ2) is 8.17. The maximum absolute atomic E-state index is 9.92. The first-order valence-electron chi connectivity index (χ1n) is 7.50. The van der Waals surface area contributed by atoms with Gasteiger partial charge < -0.3 is 14.6 Å². The Morgan fingerprint density at radius 3 is 2.79 bits per heavy atom. The van der Waals surface area contributed by atoms with Gasteiger partial charge in [0.15, 0.2) is 0 Å². The van der Waals surface area contributed by atoms with Crippen molar-refractivity contribution in [1.29, 1.82) is 0 Å². The maximum Gasteiger partial charge on any atom is 0.0900 e. The van der Waals surface area contributed by atoms with E-state index in [9.17, 15) is 5.11 Å². The minimum Gasteiger partial charge on any atom is -0.389 e. The van der Waals surface area contributed by atoms with Crippen LogP contribution in [-0.4, -0.2) is 86.7 Å². The van der Waals surface area contributed by atoms with Crippen LogP contribution in [0.1, 0.15) is 19.3 Å². The highest BCUT2D eigenvalue weighted by molar-refractivity contribution is 4.82. The van der Waals surface area contributed by atoms with Crippen molar-refractivity contribution >= 4 is 0 Å². The number of hydrogen-bond acceptors (Lipinski definition) is 5. The molecule has 0 radical (unpaired) electrons. The lowest BCUT2D eigenvalue weighted by molar-refractivity contribution is -0.00616. The number of β-amino-alcohol motifs (C(OH)–C–C–N with tert-alkyl or cyclic N) is 1. The fourth-order valence-corrected chi connectivity index (χ4v) is 3.10. The molecule has 0 aliphatic carbocycles. The zero-order valence-corrected chi connectivity index (χ0v) is 12.1. The number of ether oxygens (including phenoxy) is 2. The van der Waals surface area contributed by atoms with Crippen molar-refractivity contribution in [3.8, 4) is 0 Å². The number of piperidine rings is 1. The molecule has 2 aliphatic heterocycles. The minimum absolute atomic E-state index is 0.365. The molecule has 0 bridgehead atoms. The van der Waals surface area contributed by atoms with Gasteiger partial charge in [0.2, 0.25) is 0 Å². The molecule has 0 aromatic carbocycles. The van der Waals surface area contributed by atoms with Gasteiger partial charge in [-0.05, 0) is 19.4 Å². The second-order valence-corrected chi connectivity index (χ2v) is 5.67. The van der Waals surface area contributed by atoms with Crippen LogP contribution in [0.25, 0.3) is 0 Å². The van der Waals surface area contributed by atoms with Crippen molar-refractivity contribution in [2.45, 2.75) is 31.4 Å². The fourth-order valence-electron chi connectivity index (χ4n) is 3.10. The van der Waals surface area contributed by atoms with E-state index in [0.717, 1.165) is 45.9 Å². The number of nitrogens with zero attached hydrogens (tertiary/aromatic N) is 2. The van der Waals surface area contributed by atoms with Crippen LogP contribution >= 0.6 is 0 Å². The van der Waals surface area contributed by atoms with Crippen LogP contribution in [0, 0.1) is 0 Å². The van der Waals surface area contributed by atoms with Crippen molar-refractivity contribution in [2.24, 2.45) is 0 Å². The van der Waals surface area contributed by atoms with E-state index < -0.39 is 0 Å². The van der Waals surface area contributed by atoms with E-state index in [4.69, 9.17) is 9.47 Å². The first-order valence-corrected chi connectivity index (χ1v) is 7.50. The SMILES string of the molecule is COC[C@H](O)CN1CCCC[C@H]1CN1CCOCC1. The minimum atomic E-state index is -0.365. The molecule has 2 atom stereocenters. The molecular weight excluding hydrogens is 244 g/mol. The Morgan fingerprint density at radius 2 is 2.05 bits per heavy atom. The molecule has 0 aromatic heterocycles. The molecule has 5 nitrogen and oxygen atoms in total. The lowest BCUT2D eigenvalue weighted by atomic mass is 10.0. The second-order valence-electron chi connectivity index (χ2n) is 5.67. The summed E-state index contributed by atoms with van der Waals surface area (Å²) in [5, 5.41) is 9.92. The molecule has 2 saturated heterocycles. The molecule has 0 aromatic rings. The number of rotatable bonds is 6. The van der Waals surface area contributed by atoms with Crippen LogP contribution in [0.5, 0.6) is 0 Å². The lowest BCUT2D eigenvalue weighted by Gasteiger charge is -2.40. The standard InChI is InChI=1S/C14H28N2O3/c1-18-12-14(17)11-16-5-3-2-4-13(16)10-15-6-8-19-9-7-15/h13-14,17H,2-12H2,1H3/t13-,14+/m0/s1. The largest absolute Gasteiger partial charge is 0.389 e. The van der Waals surface area contributed by atoms with Crippen LogP contribution in [0.15, 0.2) is 0 Å². The van der Waals surface area contributed by atoms with Gasteiger partial charge in [-0.2, -0.15) is 0 Å². The summed E-state index contributed by atoms with van der Waals surface area (Å²) in [5.74, 6) is 0. The normalized spacial score (nSPS) is 28.4. The predicted octanol–water partition coefficient (Wildman–Crippen LogP) is 0.180. The molecule has 2 rings (SSSR count). The molecule has 0 unspecified atom stereocenters. The molecule has 112 valence electrons. The van der Waals surface area contributed by atoms with E-state index in [0.29, 0.717) is 12.6 Å². The van der Waals surface area contributed by atoms with Gasteiger partial charge in [0.1, 0.15) is 0 Å². The fraction of sp³-hybridized carbons (Fsp3) is 1.00. The molecule has 19 heavy (non-hydrogen) atoms. The molecule has 0 amide bonds. The third-order valence-electron chi connectivity index (χ3n) is 4.13. The molecule has 2 fully saturated rings. The average molecular weight is 272 g/mol. The van der Waals surface area contributed by atoms with Crippen molar-refractivity contribution in [3.05, 3.63) is 0 Å². The average Bonchev–Trinajstić information content (AvgIpc) is 2.42. The van der Waals surface area contributed by atoms with E-state index in [1.165, 1.54) is 19.3 Å². The van der Waals surface area contributed by atoms with E-state index in [1.54, 1.807) is 7.11 Å². The first kappa shape index (κ1) is 15.2. The van der Waals surface area contributed by atoms with Crippen LogP contribution in [0.3, 0.4) is 0 Å². The summed E-state index contributed by atoms with van der Waals surface area (Å²) in [4.78, 5) is 4.94. The highest BCUT2D eigenvalue weighted by Gasteiger charge is 2.26. The summed E-state index contributed by atoms with van der Waals surface area (Å²) in [5.41, 5.74) is 0. The molecule has 5 heteroatoms. The number of aliphatic hydroxyl groups is 1. The van der Waals surface area contributed by atoms with Crippen LogP contribution in [0.4, 0.5) is 0 Å². The maximum atomic E-state index is 9.92. The van der Waals surface area contributed by atoms with Crippen LogP contribution < -0.4 is 0 Å². The molecule has 2 heterocycles. The van der Waals surface area contributed by atoms with Gasteiger partial charge in [-0.1, -0.05) is 6.42 Å². The summed E-state index contributed by atoms with van der Waals surface area (Å²) in [6.45, 7) is 7.20. The Labute approximate surface area is 116 Å². The summed E-state index contributed by atoms with van der Waals surface area (Å²) in [7, 11) is 1.64. The van der Waals surface area contributed by atoms with Crippen LogP contribution in [-0.2, 0) is 9.47 Å². The summed E-state index contributed by atoms with van der Waals surface area (Å²) >= 11 is 0. The smallest absolute Gasteiger partial charge is 0.0900 e. The molecule has 0 spiro atoms. The van der Waals surface area contributed by atoms with Gasteiger partial charge in [0, 0.05) is 39.3 Å². The number of likely N-dealkylation sites (tertiary alicyclic amines) is 1. The molecule has 0 saturated carbocycles. The van der Waals surface area contributed by atoms with Gasteiger partial charge in [0.25, 0.3) is 0 Å². The molecular formula is C14H28N2O3.